The molecule has 144 valence electrons. The predicted octanol–water partition coefficient (Wildman–Crippen LogP) is 4.91. The Bertz CT molecular complexity index is 622. The Morgan fingerprint density at radius 2 is 2.00 bits per heavy atom. The molecule has 0 saturated heterocycles. The van der Waals surface area contributed by atoms with Crippen LogP contribution in [0.3, 0.4) is 0 Å². The summed E-state index contributed by atoms with van der Waals surface area (Å²) < 4.78 is 11.5. The van der Waals surface area contributed by atoms with Gasteiger partial charge in [-0.2, -0.15) is 5.26 Å². The maximum atomic E-state index is 12.9. The van der Waals surface area contributed by atoms with Gasteiger partial charge in [-0.15, -0.1) is 0 Å². The number of nitrogens with one attached hydrogen (secondary N) is 1. The van der Waals surface area contributed by atoms with E-state index in [4.69, 9.17) is 9.47 Å². The lowest BCUT2D eigenvalue weighted by molar-refractivity contribution is -0.141. The molecule has 5 nitrogen and oxygen atoms in total. The number of benzene rings is 1. The van der Waals surface area contributed by atoms with Crippen LogP contribution in [0.2, 0.25) is 0 Å². The van der Waals surface area contributed by atoms with Crippen LogP contribution in [-0.2, 0) is 9.53 Å². The van der Waals surface area contributed by atoms with E-state index in [0.29, 0.717) is 42.6 Å². The first-order valence-electron chi connectivity index (χ1n) is 9.48. The van der Waals surface area contributed by atoms with Crippen molar-refractivity contribution in [3.8, 4) is 11.8 Å². The maximum absolute atomic E-state index is 12.9. The van der Waals surface area contributed by atoms with Crippen LogP contribution in [0.1, 0.15) is 65.9 Å². The number of anilines is 1. The molecule has 1 rings (SSSR count). The molecule has 0 fully saturated rings. The molecule has 1 atom stereocenters. The first-order valence-corrected chi connectivity index (χ1v) is 9.48. The van der Waals surface area contributed by atoms with Crippen molar-refractivity contribution in [3.05, 3.63) is 23.8 Å². The minimum absolute atomic E-state index is 0.226. The van der Waals surface area contributed by atoms with Crippen LogP contribution >= 0.6 is 0 Å². The summed E-state index contributed by atoms with van der Waals surface area (Å²) in [6, 6.07) is 7.29. The van der Waals surface area contributed by atoms with Gasteiger partial charge in [-0.25, -0.2) is 0 Å². The molecule has 0 aliphatic carbocycles. The Hall–Kier alpha value is -2.06. The molecule has 1 N–H and O–H groups in total. The van der Waals surface area contributed by atoms with E-state index in [9.17, 15) is 10.1 Å². The van der Waals surface area contributed by atoms with E-state index < -0.39 is 5.60 Å². The summed E-state index contributed by atoms with van der Waals surface area (Å²) in [7, 11) is 0. The SMILES string of the molecule is CCCCOc1ccc(NC(=O)[C@@](C)(CC(C)C)OCCC)c(C#N)c1. The molecule has 1 aromatic carbocycles. The number of ether oxygens (including phenoxy) is 2. The predicted molar refractivity (Wildman–Crippen MR) is 104 cm³/mol. The summed E-state index contributed by atoms with van der Waals surface area (Å²) in [5, 5.41) is 12.3. The molecule has 0 radical (unpaired) electrons. The van der Waals surface area contributed by atoms with Crippen LogP contribution in [0.4, 0.5) is 5.69 Å². The summed E-state index contributed by atoms with van der Waals surface area (Å²) in [4.78, 5) is 12.9. The van der Waals surface area contributed by atoms with Gasteiger partial charge in [-0.3, -0.25) is 4.79 Å². The topological polar surface area (TPSA) is 71.3 Å². The number of nitriles is 1. The molecule has 0 saturated carbocycles. The smallest absolute Gasteiger partial charge is 0.256 e. The second kappa shape index (κ2) is 10.8. The van der Waals surface area contributed by atoms with Crippen LogP contribution in [0.25, 0.3) is 0 Å². The van der Waals surface area contributed by atoms with Crippen LogP contribution in [0.15, 0.2) is 18.2 Å². The van der Waals surface area contributed by atoms with E-state index in [0.717, 1.165) is 19.3 Å². The number of carbonyl (C=O) groups is 1. The number of hydrogen-bond acceptors (Lipinski definition) is 4. The van der Waals surface area contributed by atoms with E-state index >= 15 is 0 Å². The zero-order valence-electron chi connectivity index (χ0n) is 16.7. The number of rotatable bonds is 11. The second-order valence-corrected chi connectivity index (χ2v) is 7.15. The van der Waals surface area contributed by atoms with Crippen molar-refractivity contribution >= 4 is 11.6 Å². The first kappa shape index (κ1) is 22.0. The van der Waals surface area contributed by atoms with Gasteiger partial charge in [0.2, 0.25) is 0 Å². The van der Waals surface area contributed by atoms with Gasteiger partial charge in [-0.05, 0) is 50.3 Å². The summed E-state index contributed by atoms with van der Waals surface area (Å²) in [6.45, 7) is 11.2. The minimum atomic E-state index is -0.923. The number of unbranched alkanes of at least 4 members (excludes halogenated alkanes) is 1. The van der Waals surface area contributed by atoms with E-state index in [-0.39, 0.29) is 5.91 Å². The van der Waals surface area contributed by atoms with E-state index in [1.54, 1.807) is 18.2 Å². The monoisotopic (exact) mass is 360 g/mol. The molecule has 0 aromatic heterocycles. The van der Waals surface area contributed by atoms with E-state index in [1.165, 1.54) is 0 Å². The van der Waals surface area contributed by atoms with E-state index in [2.05, 4.69) is 32.2 Å². The molecule has 0 spiro atoms. The molecule has 0 unspecified atom stereocenters. The number of amides is 1. The molecule has 1 amide bonds. The van der Waals surface area contributed by atoms with Crippen molar-refractivity contribution in [2.75, 3.05) is 18.5 Å². The summed E-state index contributed by atoms with van der Waals surface area (Å²) in [5.74, 6) is 0.725. The highest BCUT2D eigenvalue weighted by Gasteiger charge is 2.35. The van der Waals surface area contributed by atoms with Crippen LogP contribution in [0, 0.1) is 17.2 Å². The standard InChI is InChI=1S/C21H32N2O3/c1-6-8-12-25-18-9-10-19(17(13-18)15-22)23-20(24)21(5,14-16(3)4)26-11-7-2/h9-10,13,16H,6-8,11-12,14H2,1-5H3,(H,23,24)/t21-/m1/s1. The lowest BCUT2D eigenvalue weighted by Crippen LogP contribution is -2.44. The molecule has 0 heterocycles. The van der Waals surface area contributed by atoms with Gasteiger partial charge in [0.15, 0.2) is 0 Å². The molecular formula is C21H32N2O3. The highest BCUT2D eigenvalue weighted by molar-refractivity contribution is 5.98. The quantitative estimate of drug-likeness (QED) is 0.569. The second-order valence-electron chi connectivity index (χ2n) is 7.15. The van der Waals surface area contributed by atoms with Gasteiger partial charge in [-0.1, -0.05) is 34.1 Å². The third-order valence-corrected chi connectivity index (χ3v) is 4.03. The van der Waals surface area contributed by atoms with Crippen LogP contribution < -0.4 is 10.1 Å². The molecule has 0 bridgehead atoms. The zero-order chi connectivity index (χ0) is 19.6. The van der Waals surface area contributed by atoms with E-state index in [1.807, 2.05) is 13.8 Å². The van der Waals surface area contributed by atoms with Gasteiger partial charge in [0.05, 0.1) is 17.9 Å². The number of carbonyl (C=O) groups excluding carboxylic acids is 1. The van der Waals surface area contributed by atoms with Gasteiger partial charge in [0.1, 0.15) is 17.4 Å². The Labute approximate surface area is 157 Å². The lowest BCUT2D eigenvalue weighted by atomic mass is 9.92. The maximum Gasteiger partial charge on any atom is 0.256 e. The number of nitrogens with zero attached hydrogens (tertiary/aromatic N) is 1. The number of hydrogen-bond donors (Lipinski definition) is 1. The van der Waals surface area contributed by atoms with Crippen molar-refractivity contribution in [1.82, 2.24) is 0 Å². The Balaban J connectivity index is 2.93. The first-order chi connectivity index (χ1) is 12.4. The van der Waals surface area contributed by atoms with Gasteiger partial charge >= 0.3 is 0 Å². The fourth-order valence-corrected chi connectivity index (χ4v) is 2.73. The van der Waals surface area contributed by atoms with Crippen molar-refractivity contribution < 1.29 is 14.3 Å². The molecule has 26 heavy (non-hydrogen) atoms. The van der Waals surface area contributed by atoms with Gasteiger partial charge < -0.3 is 14.8 Å². The molecular weight excluding hydrogens is 328 g/mol. The van der Waals surface area contributed by atoms with Crippen LogP contribution in [-0.4, -0.2) is 24.7 Å². The highest BCUT2D eigenvalue weighted by atomic mass is 16.5. The molecule has 5 heteroatoms. The normalized spacial score (nSPS) is 13.1. The van der Waals surface area contributed by atoms with Gasteiger partial charge in [0, 0.05) is 6.61 Å². The molecule has 0 aliphatic rings. The molecule has 0 aliphatic heterocycles. The fourth-order valence-electron chi connectivity index (χ4n) is 2.73. The average molecular weight is 360 g/mol. The third kappa shape index (κ3) is 6.68. The average Bonchev–Trinajstić information content (AvgIpc) is 2.60. The fraction of sp³-hybridized carbons (Fsp3) is 0.619. The lowest BCUT2D eigenvalue weighted by Gasteiger charge is -2.30. The summed E-state index contributed by atoms with van der Waals surface area (Å²) in [6.07, 6.45) is 3.46. The third-order valence-electron chi connectivity index (χ3n) is 4.03. The highest BCUT2D eigenvalue weighted by Crippen LogP contribution is 2.26. The van der Waals surface area contributed by atoms with Crippen molar-refractivity contribution in [1.29, 1.82) is 5.26 Å². The van der Waals surface area contributed by atoms with Crippen molar-refractivity contribution in [3.63, 3.8) is 0 Å². The van der Waals surface area contributed by atoms with Gasteiger partial charge in [0.25, 0.3) is 5.91 Å². The van der Waals surface area contributed by atoms with Crippen molar-refractivity contribution in [2.45, 2.75) is 65.9 Å². The Morgan fingerprint density at radius 1 is 1.27 bits per heavy atom. The van der Waals surface area contributed by atoms with Crippen LogP contribution in [0.5, 0.6) is 5.75 Å². The minimum Gasteiger partial charge on any atom is -0.494 e. The Morgan fingerprint density at radius 3 is 2.58 bits per heavy atom. The largest absolute Gasteiger partial charge is 0.494 e. The van der Waals surface area contributed by atoms with Crippen molar-refractivity contribution in [2.24, 2.45) is 5.92 Å². The summed E-state index contributed by atoms with van der Waals surface area (Å²) >= 11 is 0. The zero-order valence-corrected chi connectivity index (χ0v) is 16.7. The Kier molecular flexibility index (Phi) is 9.15. The molecule has 1 aromatic rings. The summed E-state index contributed by atoms with van der Waals surface area (Å²) in [5.41, 5.74) is -0.0575.